The van der Waals surface area contributed by atoms with E-state index in [9.17, 15) is 27.9 Å². The third kappa shape index (κ3) is 5.25. The van der Waals surface area contributed by atoms with Crippen LogP contribution >= 0.6 is 0 Å². The maximum absolute atomic E-state index is 13.9. The van der Waals surface area contributed by atoms with Crippen molar-refractivity contribution in [3.05, 3.63) is 72.1 Å². The van der Waals surface area contributed by atoms with E-state index in [2.05, 4.69) is 20.6 Å². The van der Waals surface area contributed by atoms with Crippen LogP contribution in [0.25, 0.3) is 28.5 Å². The van der Waals surface area contributed by atoms with Crippen molar-refractivity contribution in [2.75, 3.05) is 6.54 Å². The minimum atomic E-state index is -4.76. The summed E-state index contributed by atoms with van der Waals surface area (Å²) in [6, 6.07) is 13.6. The largest absolute Gasteiger partial charge is 0.434 e. The Morgan fingerprint density at radius 2 is 1.81 bits per heavy atom. The highest BCUT2D eigenvalue weighted by atomic mass is 19.4. The average molecular weight is 500 g/mol. The molecule has 0 radical (unpaired) electrons. The number of primary amides is 1. The van der Waals surface area contributed by atoms with Crippen LogP contribution in [-0.2, 0) is 15.8 Å². The van der Waals surface area contributed by atoms with Crippen LogP contribution in [0.3, 0.4) is 0 Å². The summed E-state index contributed by atoms with van der Waals surface area (Å²) in [5.74, 6) is -1.70. The van der Waals surface area contributed by atoms with Gasteiger partial charge in [-0.2, -0.15) is 23.3 Å². The molecule has 0 bridgehead atoms. The van der Waals surface area contributed by atoms with Crippen molar-refractivity contribution in [3.63, 3.8) is 0 Å². The molecule has 2 aromatic carbocycles. The monoisotopic (exact) mass is 500 g/mol. The summed E-state index contributed by atoms with van der Waals surface area (Å²) < 4.78 is 47.6. The summed E-state index contributed by atoms with van der Waals surface area (Å²) in [7, 11) is 0. The molecule has 4 N–H and O–H groups in total. The number of carbonyl (C=O) groups excluding carboxylic acids is 2. The summed E-state index contributed by atoms with van der Waals surface area (Å²) in [5.41, 5.74) is 4.38. The predicted octanol–water partition coefficient (Wildman–Crippen LogP) is 2.63. The number of aromatic nitrogens is 4. The summed E-state index contributed by atoms with van der Waals surface area (Å²) >= 11 is 0. The Labute approximate surface area is 201 Å². The number of aliphatic hydroxyl groups excluding tert-OH is 1. The number of nitrogens with one attached hydrogen (secondary N) is 1. The predicted molar refractivity (Wildman–Crippen MR) is 119 cm³/mol. The third-order valence-electron chi connectivity index (χ3n) is 5.10. The molecule has 0 fully saturated rings. The first-order chi connectivity index (χ1) is 17.1. The number of carbonyl (C=O) groups is 2. The first-order valence-electron chi connectivity index (χ1n) is 10.5. The number of amides is 2. The number of aliphatic hydroxyl groups is 1. The zero-order valence-electron chi connectivity index (χ0n) is 18.4. The quantitative estimate of drug-likeness (QED) is 0.337. The van der Waals surface area contributed by atoms with Crippen LogP contribution in [0.4, 0.5) is 13.2 Å². The Morgan fingerprint density at radius 1 is 1.11 bits per heavy atom. The van der Waals surface area contributed by atoms with E-state index >= 15 is 0 Å². The Morgan fingerprint density at radius 3 is 2.44 bits per heavy atom. The highest BCUT2D eigenvalue weighted by Gasteiger charge is 2.40. The molecule has 4 rings (SSSR count). The minimum absolute atomic E-state index is 0.00228. The molecule has 0 aliphatic rings. The van der Waals surface area contributed by atoms with Gasteiger partial charge in [0.2, 0.25) is 11.7 Å². The Kier molecular flexibility index (Phi) is 6.83. The number of hydrogen-bond donors (Lipinski definition) is 3. The summed E-state index contributed by atoms with van der Waals surface area (Å²) in [4.78, 5) is 26.8. The van der Waals surface area contributed by atoms with Crippen molar-refractivity contribution in [1.29, 1.82) is 0 Å². The van der Waals surface area contributed by atoms with Gasteiger partial charge in [-0.25, -0.2) is 4.68 Å². The topological polar surface area (TPSA) is 149 Å². The highest BCUT2D eigenvalue weighted by Crippen LogP contribution is 2.38. The number of hydrogen-bond acceptors (Lipinski definition) is 7. The molecule has 1 atom stereocenters. The number of nitrogens with zero attached hydrogens (tertiary/aromatic N) is 4. The molecule has 0 saturated carbocycles. The molecular weight excluding hydrogens is 481 g/mol. The van der Waals surface area contributed by atoms with Gasteiger partial charge in [-0.15, -0.1) is 0 Å². The van der Waals surface area contributed by atoms with Gasteiger partial charge in [-0.3, -0.25) is 9.59 Å². The lowest BCUT2D eigenvalue weighted by molar-refractivity contribution is -0.142. The van der Waals surface area contributed by atoms with Gasteiger partial charge >= 0.3 is 6.18 Å². The van der Waals surface area contributed by atoms with Gasteiger partial charge in [0.15, 0.2) is 11.8 Å². The molecule has 2 heterocycles. The zero-order chi connectivity index (χ0) is 25.9. The van der Waals surface area contributed by atoms with E-state index in [0.717, 1.165) is 10.9 Å². The number of nitrogens with two attached hydrogens (primary N) is 1. The molecule has 2 aromatic heterocycles. The smallest absolute Gasteiger partial charge is 0.378 e. The summed E-state index contributed by atoms with van der Waals surface area (Å²) in [5, 5.41) is 20.2. The van der Waals surface area contributed by atoms with Gasteiger partial charge in [0, 0.05) is 18.5 Å². The Balaban J connectivity index is 1.56. The normalized spacial score (nSPS) is 12.3. The molecule has 13 heteroatoms. The standard InChI is InChI=1S/C23H19F3N6O4/c24-23(25,26)19-16(12-29-32(19)15-4-2-1-3-5-15)22-30-20(31-36-22)14-8-6-13(7-9-14)18(34)21(35)28-11-10-17(27)33/h1-9,12,18,34H,10-11H2,(H2,27,33)(H,28,35). The van der Waals surface area contributed by atoms with Crippen molar-refractivity contribution in [2.24, 2.45) is 5.73 Å². The van der Waals surface area contributed by atoms with Crippen molar-refractivity contribution in [3.8, 4) is 28.5 Å². The lowest BCUT2D eigenvalue weighted by Gasteiger charge is -2.11. The molecule has 1 unspecified atom stereocenters. The van der Waals surface area contributed by atoms with Crippen LogP contribution in [-0.4, -0.2) is 43.4 Å². The van der Waals surface area contributed by atoms with Crippen LogP contribution in [0.15, 0.2) is 65.3 Å². The fourth-order valence-electron chi connectivity index (χ4n) is 3.36. The minimum Gasteiger partial charge on any atom is -0.378 e. The van der Waals surface area contributed by atoms with Crippen LogP contribution in [0, 0.1) is 0 Å². The average Bonchev–Trinajstić information content (AvgIpc) is 3.51. The number of rotatable bonds is 8. The van der Waals surface area contributed by atoms with E-state index in [1.807, 2.05) is 0 Å². The third-order valence-corrected chi connectivity index (χ3v) is 5.10. The maximum Gasteiger partial charge on any atom is 0.434 e. The fraction of sp³-hybridized carbons (Fsp3) is 0.174. The molecular formula is C23H19F3N6O4. The van der Waals surface area contributed by atoms with Crippen molar-refractivity contribution < 1.29 is 32.4 Å². The van der Waals surface area contributed by atoms with Crippen molar-refractivity contribution in [2.45, 2.75) is 18.7 Å². The van der Waals surface area contributed by atoms with E-state index in [-0.39, 0.29) is 41.5 Å². The van der Waals surface area contributed by atoms with Gasteiger partial charge in [0.05, 0.1) is 17.4 Å². The van der Waals surface area contributed by atoms with E-state index in [0.29, 0.717) is 5.56 Å². The van der Waals surface area contributed by atoms with Gasteiger partial charge in [0.1, 0.15) is 0 Å². The van der Waals surface area contributed by atoms with Gasteiger partial charge in [-0.05, 0) is 17.7 Å². The molecule has 0 aliphatic carbocycles. The SMILES string of the molecule is NC(=O)CCNC(=O)C(O)c1ccc(-c2noc(-c3cnn(-c4ccccc4)c3C(F)(F)F)n2)cc1. The first kappa shape index (κ1) is 24.6. The number of benzene rings is 2. The van der Waals surface area contributed by atoms with Gasteiger partial charge in [0.25, 0.3) is 11.8 Å². The van der Waals surface area contributed by atoms with Gasteiger partial charge in [-0.1, -0.05) is 47.6 Å². The van der Waals surface area contributed by atoms with Crippen molar-refractivity contribution >= 4 is 11.8 Å². The van der Waals surface area contributed by atoms with E-state index < -0.39 is 29.8 Å². The lowest BCUT2D eigenvalue weighted by atomic mass is 10.1. The number of alkyl halides is 3. The van der Waals surface area contributed by atoms with Crippen LogP contribution in [0.2, 0.25) is 0 Å². The molecule has 0 aliphatic heterocycles. The molecule has 186 valence electrons. The Bertz CT molecular complexity index is 1370. The molecule has 4 aromatic rings. The molecule has 10 nitrogen and oxygen atoms in total. The second-order valence-electron chi connectivity index (χ2n) is 7.61. The summed E-state index contributed by atoms with van der Waals surface area (Å²) in [6.07, 6.45) is -5.33. The van der Waals surface area contributed by atoms with Crippen LogP contribution in [0.1, 0.15) is 23.8 Å². The van der Waals surface area contributed by atoms with Crippen LogP contribution in [0.5, 0.6) is 0 Å². The zero-order valence-corrected chi connectivity index (χ0v) is 18.4. The number of halogens is 3. The molecule has 36 heavy (non-hydrogen) atoms. The molecule has 0 spiro atoms. The molecule has 0 saturated heterocycles. The van der Waals surface area contributed by atoms with Crippen LogP contribution < -0.4 is 11.1 Å². The number of para-hydroxylation sites is 1. The van der Waals surface area contributed by atoms with E-state index in [1.165, 1.54) is 36.4 Å². The van der Waals surface area contributed by atoms with E-state index in [1.54, 1.807) is 18.2 Å². The lowest BCUT2D eigenvalue weighted by Crippen LogP contribution is -2.32. The van der Waals surface area contributed by atoms with E-state index in [4.69, 9.17) is 10.3 Å². The maximum atomic E-state index is 13.9. The van der Waals surface area contributed by atoms with Crippen molar-refractivity contribution in [1.82, 2.24) is 25.2 Å². The Hall–Kier alpha value is -4.52. The second-order valence-corrected chi connectivity index (χ2v) is 7.61. The second kappa shape index (κ2) is 10.00. The summed E-state index contributed by atoms with van der Waals surface area (Å²) in [6.45, 7) is -0.0181. The first-order valence-corrected chi connectivity index (χ1v) is 10.5. The van der Waals surface area contributed by atoms with Gasteiger partial charge < -0.3 is 20.7 Å². The highest BCUT2D eigenvalue weighted by molar-refractivity contribution is 5.83. The fourth-order valence-corrected chi connectivity index (χ4v) is 3.36. The molecule has 2 amide bonds.